The van der Waals surface area contributed by atoms with Gasteiger partial charge in [-0.15, -0.1) is 0 Å². The molecule has 0 aliphatic heterocycles. The van der Waals surface area contributed by atoms with Gasteiger partial charge in [0.2, 0.25) is 0 Å². The van der Waals surface area contributed by atoms with Crippen LogP contribution in [-0.4, -0.2) is 8.75 Å². The first kappa shape index (κ1) is 16.8. The van der Waals surface area contributed by atoms with E-state index in [1.54, 1.807) is 48.5 Å². The minimum absolute atomic E-state index is 0.134. The third kappa shape index (κ3) is 2.90. The van der Waals surface area contributed by atoms with Gasteiger partial charge in [-0.3, -0.25) is 0 Å². The van der Waals surface area contributed by atoms with Crippen LogP contribution in [-0.2, 0) is 0 Å². The summed E-state index contributed by atoms with van der Waals surface area (Å²) in [5.41, 5.74) is 2.11. The van der Waals surface area contributed by atoms with E-state index in [1.165, 1.54) is 0 Å². The summed E-state index contributed by atoms with van der Waals surface area (Å²) in [5.74, 6) is -1.83. The van der Waals surface area contributed by atoms with Gasteiger partial charge in [-0.2, -0.15) is 8.75 Å². The van der Waals surface area contributed by atoms with Crippen molar-refractivity contribution in [2.45, 2.75) is 0 Å². The highest BCUT2D eigenvalue weighted by Crippen LogP contribution is 2.39. The summed E-state index contributed by atoms with van der Waals surface area (Å²) in [5, 5.41) is 0. The van der Waals surface area contributed by atoms with Gasteiger partial charge >= 0.3 is 0 Å². The van der Waals surface area contributed by atoms with Gasteiger partial charge in [-0.1, -0.05) is 56.1 Å². The zero-order valence-corrected chi connectivity index (χ0v) is 16.4. The maximum atomic E-state index is 15.0. The third-order valence-electron chi connectivity index (χ3n) is 3.86. The molecule has 0 saturated carbocycles. The summed E-state index contributed by atoms with van der Waals surface area (Å²) in [7, 11) is 0. The van der Waals surface area contributed by atoms with E-state index < -0.39 is 11.6 Å². The molecule has 0 radical (unpaired) electrons. The quantitative estimate of drug-likeness (QED) is 0.313. The first-order chi connectivity index (χ1) is 12.1. The van der Waals surface area contributed by atoms with Crippen molar-refractivity contribution in [1.29, 1.82) is 0 Å². The molecule has 2 nitrogen and oxygen atoms in total. The van der Waals surface area contributed by atoms with Crippen molar-refractivity contribution in [1.82, 2.24) is 8.75 Å². The molecule has 1 aromatic heterocycles. The van der Waals surface area contributed by atoms with Crippen molar-refractivity contribution in [3.63, 3.8) is 0 Å². The Hall–Kier alpha value is -1.70. The van der Waals surface area contributed by atoms with Crippen molar-refractivity contribution >= 4 is 54.6 Å². The SMILES string of the molecule is Fc1c(F)c(-c2ccc(Br)cc2)c2nsnc2c1-c1ccc(Br)cc1. The standard InChI is InChI=1S/C18H8Br2F2N2S/c19-11-5-1-9(2-6-11)13-15(21)16(22)14(18-17(13)23-25-24-18)10-3-7-12(20)8-4-10/h1-8H. The summed E-state index contributed by atoms with van der Waals surface area (Å²) < 4.78 is 40.1. The third-order valence-corrected chi connectivity index (χ3v) is 5.45. The van der Waals surface area contributed by atoms with Crippen molar-refractivity contribution in [3.05, 3.63) is 69.1 Å². The molecule has 0 saturated heterocycles. The van der Waals surface area contributed by atoms with Gasteiger partial charge in [-0.25, -0.2) is 8.78 Å². The van der Waals surface area contributed by atoms with Gasteiger partial charge in [-0.05, 0) is 35.4 Å². The van der Waals surface area contributed by atoms with E-state index in [1.807, 2.05) is 0 Å². The summed E-state index contributed by atoms with van der Waals surface area (Å²) >= 11 is 7.63. The average Bonchev–Trinajstić information content (AvgIpc) is 3.07. The predicted octanol–water partition coefficient (Wildman–Crippen LogP) is 6.83. The predicted molar refractivity (Wildman–Crippen MR) is 104 cm³/mol. The highest BCUT2D eigenvalue weighted by atomic mass is 79.9. The Morgan fingerprint density at radius 3 is 1.36 bits per heavy atom. The molecule has 0 unspecified atom stereocenters. The van der Waals surface area contributed by atoms with Gasteiger partial charge in [0.05, 0.1) is 11.7 Å². The lowest BCUT2D eigenvalue weighted by Gasteiger charge is -2.11. The Morgan fingerprint density at radius 2 is 1.00 bits per heavy atom. The highest BCUT2D eigenvalue weighted by Gasteiger charge is 2.24. The van der Waals surface area contributed by atoms with Crippen molar-refractivity contribution in [2.75, 3.05) is 0 Å². The zero-order valence-electron chi connectivity index (χ0n) is 12.4. The van der Waals surface area contributed by atoms with Gasteiger partial charge in [0.25, 0.3) is 0 Å². The van der Waals surface area contributed by atoms with Crippen LogP contribution in [0.4, 0.5) is 8.78 Å². The van der Waals surface area contributed by atoms with Crippen LogP contribution in [0, 0.1) is 11.6 Å². The Labute approximate surface area is 163 Å². The molecule has 1 heterocycles. The monoisotopic (exact) mass is 480 g/mol. The minimum atomic E-state index is -0.916. The molecule has 0 fully saturated rings. The van der Waals surface area contributed by atoms with E-state index in [4.69, 9.17) is 0 Å². The van der Waals surface area contributed by atoms with Crippen LogP contribution < -0.4 is 0 Å². The molecular formula is C18H8Br2F2N2S. The molecule has 4 rings (SSSR count). The fraction of sp³-hybridized carbons (Fsp3) is 0. The number of halogens is 4. The van der Waals surface area contributed by atoms with Crippen molar-refractivity contribution in [3.8, 4) is 22.3 Å². The van der Waals surface area contributed by atoms with E-state index in [2.05, 4.69) is 40.6 Å². The maximum absolute atomic E-state index is 15.0. The number of benzene rings is 3. The lowest BCUT2D eigenvalue weighted by molar-refractivity contribution is 0.515. The Balaban J connectivity index is 2.04. The molecule has 3 aromatic carbocycles. The first-order valence-corrected chi connectivity index (χ1v) is 9.53. The summed E-state index contributed by atoms with van der Waals surface area (Å²) in [4.78, 5) is 0. The number of fused-ring (bicyclic) bond motifs is 1. The second-order valence-corrected chi connectivity index (χ2v) is 7.71. The smallest absolute Gasteiger partial charge is 0.169 e. The zero-order chi connectivity index (χ0) is 17.6. The van der Waals surface area contributed by atoms with Crippen LogP contribution in [0.25, 0.3) is 33.3 Å². The first-order valence-electron chi connectivity index (χ1n) is 7.21. The van der Waals surface area contributed by atoms with Gasteiger partial charge in [0, 0.05) is 20.1 Å². The molecule has 0 aliphatic rings. The van der Waals surface area contributed by atoms with E-state index in [0.29, 0.717) is 22.2 Å². The summed E-state index contributed by atoms with van der Waals surface area (Å²) in [6, 6.07) is 14.0. The normalized spacial score (nSPS) is 11.2. The Morgan fingerprint density at radius 1 is 0.640 bits per heavy atom. The fourth-order valence-electron chi connectivity index (χ4n) is 2.70. The van der Waals surface area contributed by atoms with Crippen LogP contribution in [0.5, 0.6) is 0 Å². The molecule has 25 heavy (non-hydrogen) atoms. The Bertz CT molecular complexity index is 992. The lowest BCUT2D eigenvalue weighted by Crippen LogP contribution is -1.97. The molecule has 7 heteroatoms. The van der Waals surface area contributed by atoms with Crippen molar-refractivity contribution in [2.24, 2.45) is 0 Å². The maximum Gasteiger partial charge on any atom is 0.169 e. The van der Waals surface area contributed by atoms with Crippen LogP contribution >= 0.6 is 43.6 Å². The largest absolute Gasteiger partial charge is 0.203 e. The van der Waals surface area contributed by atoms with Gasteiger partial charge < -0.3 is 0 Å². The van der Waals surface area contributed by atoms with Crippen LogP contribution in [0.15, 0.2) is 57.5 Å². The molecule has 0 aliphatic carbocycles. The Kier molecular flexibility index (Phi) is 4.39. The minimum Gasteiger partial charge on any atom is -0.203 e. The van der Waals surface area contributed by atoms with E-state index >= 15 is 0 Å². The van der Waals surface area contributed by atoms with E-state index in [9.17, 15) is 8.78 Å². The number of rotatable bonds is 2. The molecule has 0 spiro atoms. The van der Waals surface area contributed by atoms with Crippen LogP contribution in [0.3, 0.4) is 0 Å². The summed E-state index contributed by atoms with van der Waals surface area (Å²) in [6.45, 7) is 0. The van der Waals surface area contributed by atoms with Crippen molar-refractivity contribution < 1.29 is 8.78 Å². The topological polar surface area (TPSA) is 25.8 Å². The lowest BCUT2D eigenvalue weighted by atomic mass is 9.96. The molecule has 0 amide bonds. The molecule has 0 bridgehead atoms. The number of aromatic nitrogens is 2. The summed E-state index contributed by atoms with van der Waals surface area (Å²) in [6.07, 6.45) is 0. The van der Waals surface area contributed by atoms with E-state index in [0.717, 1.165) is 20.7 Å². The molecule has 0 N–H and O–H groups in total. The number of hydrogen-bond acceptors (Lipinski definition) is 3. The highest BCUT2D eigenvalue weighted by molar-refractivity contribution is 9.10. The second kappa shape index (κ2) is 6.55. The second-order valence-electron chi connectivity index (χ2n) is 5.35. The number of nitrogens with zero attached hydrogens (tertiary/aromatic N) is 2. The van der Waals surface area contributed by atoms with Crippen LogP contribution in [0.1, 0.15) is 0 Å². The molecule has 4 aromatic rings. The fourth-order valence-corrected chi connectivity index (χ4v) is 3.79. The molecular weight excluding hydrogens is 474 g/mol. The number of hydrogen-bond donors (Lipinski definition) is 0. The molecule has 124 valence electrons. The van der Waals surface area contributed by atoms with Crippen LogP contribution in [0.2, 0.25) is 0 Å². The average molecular weight is 482 g/mol. The molecule has 0 atom stereocenters. The van der Waals surface area contributed by atoms with Gasteiger partial charge in [0.15, 0.2) is 11.6 Å². The van der Waals surface area contributed by atoms with E-state index in [-0.39, 0.29) is 11.1 Å². The van der Waals surface area contributed by atoms with Gasteiger partial charge in [0.1, 0.15) is 11.0 Å².